The van der Waals surface area contributed by atoms with Gasteiger partial charge in [-0.15, -0.1) is 11.8 Å². The monoisotopic (exact) mass is 684 g/mol. The van der Waals surface area contributed by atoms with Crippen molar-refractivity contribution in [1.82, 2.24) is 0 Å². The van der Waals surface area contributed by atoms with Gasteiger partial charge < -0.3 is 0 Å². The number of thioether (sulfide) groups is 1. The number of hydrogen-bond acceptors (Lipinski definition) is 1. The van der Waals surface area contributed by atoms with Gasteiger partial charge in [-0.2, -0.15) is 0 Å². The molecule has 0 spiro atoms. The Kier molecular flexibility index (Phi) is 8.59. The highest BCUT2D eigenvalue weighted by atomic mass is 32.2. The molecule has 52 heavy (non-hydrogen) atoms. The summed E-state index contributed by atoms with van der Waals surface area (Å²) in [6, 6.07) is 55.5. The van der Waals surface area contributed by atoms with E-state index >= 15 is 0 Å². The second-order valence-electron chi connectivity index (χ2n) is 14.1. The third kappa shape index (κ3) is 6.16. The molecule has 2 atom stereocenters. The molecule has 6 aromatic carbocycles. The zero-order chi connectivity index (χ0) is 35.0. The highest BCUT2D eigenvalue weighted by Gasteiger charge is 2.30. The minimum Gasteiger partial charge on any atom is -0.113 e. The van der Waals surface area contributed by atoms with E-state index in [4.69, 9.17) is 0 Å². The first-order chi connectivity index (χ1) is 25.6. The molecule has 0 nitrogen and oxygen atoms in total. The van der Waals surface area contributed by atoms with Crippen molar-refractivity contribution in [3.8, 4) is 33.4 Å². The molecule has 0 radical (unpaired) electrons. The molecule has 0 aromatic heterocycles. The van der Waals surface area contributed by atoms with Gasteiger partial charge >= 0.3 is 0 Å². The predicted octanol–water partition coefficient (Wildman–Crippen LogP) is 13.8. The summed E-state index contributed by atoms with van der Waals surface area (Å²) in [6.07, 6.45) is 13.2. The molecule has 0 fully saturated rings. The van der Waals surface area contributed by atoms with Gasteiger partial charge in [-0.25, -0.2) is 0 Å². The summed E-state index contributed by atoms with van der Waals surface area (Å²) in [5, 5.41) is 0.220. The zero-order valence-electron chi connectivity index (χ0n) is 29.6. The van der Waals surface area contributed by atoms with Gasteiger partial charge in [-0.1, -0.05) is 158 Å². The van der Waals surface area contributed by atoms with Gasteiger partial charge in [-0.05, 0) is 128 Å². The van der Waals surface area contributed by atoms with Gasteiger partial charge in [0.25, 0.3) is 0 Å². The Hall–Kier alpha value is -5.63. The Morgan fingerprint density at radius 3 is 1.92 bits per heavy atom. The van der Waals surface area contributed by atoms with Crippen LogP contribution in [0.1, 0.15) is 40.2 Å². The average Bonchev–Trinajstić information content (AvgIpc) is 3.36. The van der Waals surface area contributed by atoms with Crippen LogP contribution in [0.15, 0.2) is 198 Å². The molecule has 0 N–H and O–H groups in total. The van der Waals surface area contributed by atoms with Gasteiger partial charge in [0.15, 0.2) is 0 Å². The van der Waals surface area contributed by atoms with Crippen LogP contribution in [0.4, 0.5) is 0 Å². The first-order valence-electron chi connectivity index (χ1n) is 18.3. The Labute approximate surface area is 312 Å². The van der Waals surface area contributed by atoms with E-state index in [0.29, 0.717) is 5.92 Å². The zero-order valence-corrected chi connectivity index (χ0v) is 30.4. The standard InChI is InChI=1S/C51H40S/c1-34-14-9-10-23-45(34)47-25-13-24-46(35(47)2)41-21-11-19-38(28-41)39-20-12-22-42(29-39)48-32-43(37-17-7-4-8-18-37)30-44-33-51(48)52-50-27-26-40(31-49(44)50)36-15-5-3-6-16-36/h3-30,32-33,40,51H,31H2,1-2H3. The van der Waals surface area contributed by atoms with Crippen molar-refractivity contribution in [2.75, 3.05) is 0 Å². The topological polar surface area (TPSA) is 0 Å². The quantitative estimate of drug-likeness (QED) is 0.168. The van der Waals surface area contributed by atoms with Crippen molar-refractivity contribution < 1.29 is 0 Å². The van der Waals surface area contributed by atoms with E-state index in [1.165, 1.54) is 88.4 Å². The van der Waals surface area contributed by atoms with E-state index in [1.807, 2.05) is 11.8 Å². The van der Waals surface area contributed by atoms with E-state index in [1.54, 1.807) is 0 Å². The van der Waals surface area contributed by atoms with Crippen LogP contribution in [0, 0.1) is 13.8 Å². The second-order valence-corrected chi connectivity index (χ2v) is 15.3. The van der Waals surface area contributed by atoms with E-state index < -0.39 is 0 Å². The summed E-state index contributed by atoms with van der Waals surface area (Å²) < 4.78 is 0. The molecule has 3 aliphatic rings. The highest BCUT2D eigenvalue weighted by molar-refractivity contribution is 8.04. The Morgan fingerprint density at radius 1 is 0.519 bits per heavy atom. The summed E-state index contributed by atoms with van der Waals surface area (Å²) in [6.45, 7) is 4.46. The summed E-state index contributed by atoms with van der Waals surface area (Å²) >= 11 is 2.00. The maximum Gasteiger partial charge on any atom is 0.0539 e. The predicted molar refractivity (Wildman–Crippen MR) is 224 cm³/mol. The van der Waals surface area contributed by atoms with E-state index in [0.717, 1.165) is 6.42 Å². The number of aryl methyl sites for hydroxylation is 1. The summed E-state index contributed by atoms with van der Waals surface area (Å²) in [5.74, 6) is 0.392. The third-order valence-electron chi connectivity index (χ3n) is 10.9. The number of fused-ring (bicyclic) bond motifs is 2. The van der Waals surface area contributed by atoms with Crippen LogP contribution in [0.25, 0.3) is 44.5 Å². The molecule has 0 saturated carbocycles. The molecule has 6 aromatic rings. The molecule has 2 bridgehead atoms. The minimum absolute atomic E-state index is 0.220. The van der Waals surface area contributed by atoms with Crippen LogP contribution in [-0.4, -0.2) is 5.25 Å². The lowest BCUT2D eigenvalue weighted by atomic mass is 9.84. The van der Waals surface area contributed by atoms with Crippen molar-refractivity contribution in [1.29, 1.82) is 0 Å². The maximum atomic E-state index is 2.52. The first-order valence-corrected chi connectivity index (χ1v) is 19.2. The van der Waals surface area contributed by atoms with Crippen molar-refractivity contribution in [2.24, 2.45) is 0 Å². The molecule has 1 aliphatic heterocycles. The van der Waals surface area contributed by atoms with Crippen LogP contribution in [-0.2, 0) is 0 Å². The summed E-state index contributed by atoms with van der Waals surface area (Å²) in [4.78, 5) is 1.40. The smallest absolute Gasteiger partial charge is 0.0539 e. The van der Waals surface area contributed by atoms with Crippen molar-refractivity contribution in [2.45, 2.75) is 31.4 Å². The van der Waals surface area contributed by atoms with Crippen molar-refractivity contribution >= 4 is 22.9 Å². The van der Waals surface area contributed by atoms with Gasteiger partial charge in [0.1, 0.15) is 0 Å². The fraction of sp³-hybridized carbons (Fsp3) is 0.0980. The molecule has 2 aliphatic carbocycles. The molecule has 0 saturated heterocycles. The lowest BCUT2D eigenvalue weighted by molar-refractivity contribution is 0.818. The summed E-state index contributed by atoms with van der Waals surface area (Å²) in [7, 11) is 0. The maximum absolute atomic E-state index is 2.52. The lowest BCUT2D eigenvalue weighted by Crippen LogP contribution is -2.13. The van der Waals surface area contributed by atoms with Gasteiger partial charge in [-0.3, -0.25) is 0 Å². The Balaban J connectivity index is 1.08. The van der Waals surface area contributed by atoms with Crippen LogP contribution >= 0.6 is 11.8 Å². The largest absolute Gasteiger partial charge is 0.113 e. The molecular formula is C51H40S. The SMILES string of the molecule is Cc1ccccc1-c1cccc(-c2cccc(-c3cccc(C4=CC(c5ccccc5)=CC5=CC4SC4=C5CC(c5ccccc5)C=C4)c3)c2)c1C. The second kappa shape index (κ2) is 13.8. The number of rotatable bonds is 6. The van der Waals surface area contributed by atoms with Gasteiger partial charge in [0.2, 0.25) is 0 Å². The molecular weight excluding hydrogens is 645 g/mol. The van der Waals surface area contributed by atoms with Gasteiger partial charge in [0.05, 0.1) is 5.25 Å². The van der Waals surface area contributed by atoms with E-state index in [9.17, 15) is 0 Å². The molecule has 2 unspecified atom stereocenters. The highest BCUT2D eigenvalue weighted by Crippen LogP contribution is 2.50. The first kappa shape index (κ1) is 32.3. The minimum atomic E-state index is 0.220. The molecule has 9 rings (SSSR count). The lowest BCUT2D eigenvalue weighted by Gasteiger charge is -2.30. The van der Waals surface area contributed by atoms with Crippen molar-refractivity contribution in [3.05, 3.63) is 226 Å². The molecule has 1 heteroatoms. The Bertz CT molecular complexity index is 2470. The summed E-state index contributed by atoms with van der Waals surface area (Å²) in [5.41, 5.74) is 19.5. The molecule has 1 heterocycles. The fourth-order valence-electron chi connectivity index (χ4n) is 8.08. The number of hydrogen-bond donors (Lipinski definition) is 0. The third-order valence-corrected chi connectivity index (χ3v) is 12.2. The van der Waals surface area contributed by atoms with Gasteiger partial charge in [0, 0.05) is 10.8 Å². The normalized spacial score (nSPS) is 17.8. The van der Waals surface area contributed by atoms with Crippen LogP contribution in [0.2, 0.25) is 0 Å². The van der Waals surface area contributed by atoms with E-state index in [2.05, 4.69) is 196 Å². The molecule has 0 amide bonds. The van der Waals surface area contributed by atoms with E-state index in [-0.39, 0.29) is 5.25 Å². The van der Waals surface area contributed by atoms with Crippen LogP contribution < -0.4 is 0 Å². The van der Waals surface area contributed by atoms with Crippen molar-refractivity contribution in [3.63, 3.8) is 0 Å². The average molecular weight is 685 g/mol. The Morgan fingerprint density at radius 2 is 1.13 bits per heavy atom. The molecule has 250 valence electrons. The van der Waals surface area contributed by atoms with Crippen LogP contribution in [0.5, 0.6) is 0 Å². The van der Waals surface area contributed by atoms with Crippen LogP contribution in [0.3, 0.4) is 0 Å². The fourth-order valence-corrected chi connectivity index (χ4v) is 9.40. The number of allylic oxidation sites excluding steroid dienone is 7. The number of benzene rings is 6.